The van der Waals surface area contributed by atoms with E-state index in [1.165, 1.54) is 4.90 Å². The van der Waals surface area contributed by atoms with Crippen molar-refractivity contribution in [3.05, 3.63) is 0 Å². The first-order valence-electron chi connectivity index (χ1n) is 7.06. The van der Waals surface area contributed by atoms with Crippen molar-refractivity contribution >= 4 is 17.7 Å². The number of imide groups is 1. The molecule has 6 nitrogen and oxygen atoms in total. The average molecular weight is 277 g/mol. The molecule has 1 saturated heterocycles. The first-order valence-corrected chi connectivity index (χ1v) is 7.06. The largest absolute Gasteiger partial charge is 0.320 e. The Kier molecular flexibility index (Phi) is 4.07. The van der Waals surface area contributed by atoms with Crippen LogP contribution in [0.3, 0.4) is 0 Å². The Hall–Kier alpha value is -1.90. The van der Waals surface area contributed by atoms with E-state index in [0.29, 0.717) is 12.8 Å². The zero-order valence-corrected chi connectivity index (χ0v) is 11.6. The SMILES string of the molecule is CC1C(=O)NC(=O)CN1C(=O)C1(C#N)CCCCCC1. The fraction of sp³-hybridized carbons (Fsp3) is 0.714. The first-order chi connectivity index (χ1) is 9.50. The molecule has 1 aliphatic heterocycles. The molecule has 2 fully saturated rings. The first kappa shape index (κ1) is 14.5. The highest BCUT2D eigenvalue weighted by Gasteiger charge is 2.45. The molecule has 1 atom stereocenters. The van der Waals surface area contributed by atoms with Gasteiger partial charge < -0.3 is 4.90 Å². The number of hydrogen-bond donors (Lipinski definition) is 1. The van der Waals surface area contributed by atoms with Crippen LogP contribution in [0.25, 0.3) is 0 Å². The van der Waals surface area contributed by atoms with Crippen LogP contribution in [0.4, 0.5) is 0 Å². The lowest BCUT2D eigenvalue weighted by molar-refractivity contribution is -0.154. The Labute approximate surface area is 118 Å². The van der Waals surface area contributed by atoms with Crippen molar-refractivity contribution in [1.82, 2.24) is 10.2 Å². The molecule has 0 spiro atoms. The highest BCUT2D eigenvalue weighted by molar-refractivity contribution is 6.05. The maximum atomic E-state index is 12.7. The average Bonchev–Trinajstić information content (AvgIpc) is 2.68. The number of carbonyl (C=O) groups excluding carboxylic acids is 3. The summed E-state index contributed by atoms with van der Waals surface area (Å²) in [6.07, 6.45) is 4.74. The van der Waals surface area contributed by atoms with Crippen LogP contribution in [0, 0.1) is 16.7 Å². The normalized spacial score (nSPS) is 26.4. The summed E-state index contributed by atoms with van der Waals surface area (Å²) in [6.45, 7) is 1.44. The molecule has 0 aromatic carbocycles. The predicted molar refractivity (Wildman–Crippen MR) is 70.1 cm³/mol. The summed E-state index contributed by atoms with van der Waals surface area (Å²) in [5.41, 5.74) is -1.07. The predicted octanol–water partition coefficient (Wildman–Crippen LogP) is 0.724. The van der Waals surface area contributed by atoms with E-state index in [1.807, 2.05) is 0 Å². The van der Waals surface area contributed by atoms with Crippen molar-refractivity contribution in [3.63, 3.8) is 0 Å². The number of nitrogens with one attached hydrogen (secondary N) is 1. The molecule has 0 radical (unpaired) electrons. The van der Waals surface area contributed by atoms with Crippen molar-refractivity contribution in [2.75, 3.05) is 6.54 Å². The zero-order chi connectivity index (χ0) is 14.8. The Morgan fingerprint density at radius 1 is 1.30 bits per heavy atom. The van der Waals surface area contributed by atoms with E-state index in [9.17, 15) is 19.6 Å². The number of nitrogens with zero attached hydrogens (tertiary/aromatic N) is 2. The van der Waals surface area contributed by atoms with Gasteiger partial charge in [-0.25, -0.2) is 0 Å². The van der Waals surface area contributed by atoms with Gasteiger partial charge in [-0.05, 0) is 19.8 Å². The highest BCUT2D eigenvalue weighted by Crippen LogP contribution is 2.37. The fourth-order valence-electron chi connectivity index (χ4n) is 2.94. The lowest BCUT2D eigenvalue weighted by Crippen LogP contribution is -2.61. The van der Waals surface area contributed by atoms with Crippen molar-refractivity contribution in [2.24, 2.45) is 5.41 Å². The summed E-state index contributed by atoms with van der Waals surface area (Å²) < 4.78 is 0. The number of rotatable bonds is 1. The fourth-order valence-corrected chi connectivity index (χ4v) is 2.94. The number of nitriles is 1. The van der Waals surface area contributed by atoms with Gasteiger partial charge in [0.25, 0.3) is 0 Å². The third-order valence-electron chi connectivity index (χ3n) is 4.26. The van der Waals surface area contributed by atoms with Crippen LogP contribution in [0.1, 0.15) is 45.4 Å². The van der Waals surface area contributed by atoms with Gasteiger partial charge in [0.1, 0.15) is 18.0 Å². The van der Waals surface area contributed by atoms with E-state index in [2.05, 4.69) is 11.4 Å². The van der Waals surface area contributed by atoms with Crippen molar-refractivity contribution in [1.29, 1.82) is 5.26 Å². The minimum absolute atomic E-state index is 0.144. The minimum atomic E-state index is -1.07. The van der Waals surface area contributed by atoms with Crippen LogP contribution in [-0.4, -0.2) is 35.2 Å². The molecule has 1 aliphatic carbocycles. The molecule has 1 heterocycles. The lowest BCUT2D eigenvalue weighted by atomic mass is 9.80. The summed E-state index contributed by atoms with van der Waals surface area (Å²) in [4.78, 5) is 37.1. The van der Waals surface area contributed by atoms with Gasteiger partial charge in [-0.2, -0.15) is 5.26 Å². The molecule has 0 aromatic heterocycles. The molecular formula is C14H19N3O3. The molecule has 1 N–H and O–H groups in total. The molecular weight excluding hydrogens is 258 g/mol. The molecule has 2 rings (SSSR count). The van der Waals surface area contributed by atoms with E-state index < -0.39 is 23.3 Å². The summed E-state index contributed by atoms with van der Waals surface area (Å²) in [5, 5.41) is 11.7. The Morgan fingerprint density at radius 3 is 2.45 bits per heavy atom. The second-order valence-electron chi connectivity index (χ2n) is 5.63. The third-order valence-corrected chi connectivity index (χ3v) is 4.26. The lowest BCUT2D eigenvalue weighted by Gasteiger charge is -2.37. The Balaban J connectivity index is 2.25. The van der Waals surface area contributed by atoms with Gasteiger partial charge in [0.2, 0.25) is 17.7 Å². The molecule has 0 bridgehead atoms. The molecule has 2 aliphatic rings. The van der Waals surface area contributed by atoms with E-state index in [4.69, 9.17) is 0 Å². The number of carbonyl (C=O) groups is 3. The molecule has 6 heteroatoms. The second kappa shape index (κ2) is 5.61. The Bertz CT molecular complexity index is 473. The topological polar surface area (TPSA) is 90.3 Å². The molecule has 1 unspecified atom stereocenters. The maximum absolute atomic E-state index is 12.7. The van der Waals surface area contributed by atoms with Gasteiger partial charge in [-0.3, -0.25) is 19.7 Å². The minimum Gasteiger partial charge on any atom is -0.320 e. The molecule has 0 aromatic rings. The van der Waals surface area contributed by atoms with Crippen LogP contribution in [-0.2, 0) is 14.4 Å². The van der Waals surface area contributed by atoms with Crippen LogP contribution < -0.4 is 5.32 Å². The Morgan fingerprint density at radius 2 is 1.90 bits per heavy atom. The summed E-state index contributed by atoms with van der Waals surface area (Å²) >= 11 is 0. The van der Waals surface area contributed by atoms with E-state index >= 15 is 0 Å². The zero-order valence-electron chi connectivity index (χ0n) is 11.6. The highest BCUT2D eigenvalue weighted by atomic mass is 16.2. The standard InChI is InChI=1S/C14H19N3O3/c1-10-12(19)16-11(18)8-17(10)13(20)14(9-15)6-4-2-3-5-7-14/h10H,2-8H2,1H3,(H,16,18,19). The van der Waals surface area contributed by atoms with Gasteiger partial charge in [-0.15, -0.1) is 0 Å². The number of amides is 3. The van der Waals surface area contributed by atoms with Gasteiger partial charge in [0, 0.05) is 0 Å². The van der Waals surface area contributed by atoms with Crippen LogP contribution in [0.2, 0.25) is 0 Å². The quantitative estimate of drug-likeness (QED) is 0.565. The van der Waals surface area contributed by atoms with Crippen LogP contribution in [0.5, 0.6) is 0 Å². The number of hydrogen-bond acceptors (Lipinski definition) is 4. The van der Waals surface area contributed by atoms with E-state index in [1.54, 1.807) is 6.92 Å². The summed E-state index contributed by atoms with van der Waals surface area (Å²) in [7, 11) is 0. The maximum Gasteiger partial charge on any atom is 0.249 e. The van der Waals surface area contributed by atoms with Crippen LogP contribution in [0.15, 0.2) is 0 Å². The van der Waals surface area contributed by atoms with Crippen molar-refractivity contribution in [3.8, 4) is 6.07 Å². The van der Waals surface area contributed by atoms with Gasteiger partial charge in [0.15, 0.2) is 0 Å². The van der Waals surface area contributed by atoms with E-state index in [0.717, 1.165) is 25.7 Å². The van der Waals surface area contributed by atoms with Crippen LogP contribution >= 0.6 is 0 Å². The van der Waals surface area contributed by atoms with Gasteiger partial charge in [-0.1, -0.05) is 25.7 Å². The molecule has 1 saturated carbocycles. The summed E-state index contributed by atoms with van der Waals surface area (Å²) in [6, 6.07) is 1.47. The second-order valence-corrected chi connectivity index (χ2v) is 5.63. The molecule has 3 amide bonds. The number of piperazine rings is 1. The monoisotopic (exact) mass is 277 g/mol. The smallest absolute Gasteiger partial charge is 0.249 e. The van der Waals surface area contributed by atoms with E-state index in [-0.39, 0.29) is 12.5 Å². The van der Waals surface area contributed by atoms with Gasteiger partial charge >= 0.3 is 0 Å². The van der Waals surface area contributed by atoms with Gasteiger partial charge in [0.05, 0.1) is 6.07 Å². The summed E-state index contributed by atoms with van der Waals surface area (Å²) in [5.74, 6) is -1.32. The molecule has 20 heavy (non-hydrogen) atoms. The molecule has 108 valence electrons. The third kappa shape index (κ3) is 2.53. The van der Waals surface area contributed by atoms with Crippen molar-refractivity contribution in [2.45, 2.75) is 51.5 Å². The van der Waals surface area contributed by atoms with Crippen molar-refractivity contribution < 1.29 is 14.4 Å².